The van der Waals surface area contributed by atoms with Crippen LogP contribution in [-0.4, -0.2) is 17.0 Å². The van der Waals surface area contributed by atoms with Crippen LogP contribution >= 0.6 is 0 Å². The second-order valence-corrected chi connectivity index (χ2v) is 1.90. The maximum atomic E-state index is 5.58. The predicted molar refractivity (Wildman–Crippen MR) is 38.0 cm³/mol. The van der Waals surface area contributed by atoms with Crippen molar-refractivity contribution in [2.45, 2.75) is 6.17 Å². The van der Waals surface area contributed by atoms with Gasteiger partial charge in [0.05, 0.1) is 18.1 Å². The number of hydrogen-bond acceptors (Lipinski definition) is 4. The maximum Gasteiger partial charge on any atom is 0.0998 e. The summed E-state index contributed by atoms with van der Waals surface area (Å²) in [5.74, 6) is 0. The molecule has 0 aromatic carbocycles. The van der Waals surface area contributed by atoms with Gasteiger partial charge in [0, 0.05) is 12.4 Å². The van der Waals surface area contributed by atoms with Crippen LogP contribution in [0, 0.1) is 0 Å². The van der Waals surface area contributed by atoms with Crippen molar-refractivity contribution < 1.29 is 0 Å². The summed E-state index contributed by atoms with van der Waals surface area (Å²) in [5, 5.41) is 2.86. The molecular formula is C6H10N4. The van der Waals surface area contributed by atoms with E-state index in [2.05, 4.69) is 15.3 Å². The molecule has 0 spiro atoms. The topological polar surface area (TPSA) is 63.8 Å². The van der Waals surface area contributed by atoms with Gasteiger partial charge in [0.2, 0.25) is 0 Å². The van der Waals surface area contributed by atoms with Crippen molar-refractivity contribution in [2.24, 2.45) is 5.73 Å². The normalized spacial score (nSPS) is 13.0. The predicted octanol–water partition coefficient (Wildman–Crippen LogP) is -0.347. The minimum atomic E-state index is -0.214. The van der Waals surface area contributed by atoms with E-state index in [4.69, 9.17) is 5.73 Å². The second-order valence-electron chi connectivity index (χ2n) is 1.90. The summed E-state index contributed by atoms with van der Waals surface area (Å²) in [4.78, 5) is 7.87. The Morgan fingerprint density at radius 1 is 1.60 bits per heavy atom. The first kappa shape index (κ1) is 7.11. The van der Waals surface area contributed by atoms with Gasteiger partial charge in [-0.25, -0.2) is 0 Å². The molecule has 0 aliphatic heterocycles. The lowest BCUT2D eigenvalue weighted by Crippen LogP contribution is -2.25. The number of aromatic nitrogens is 2. The fourth-order valence-electron chi connectivity index (χ4n) is 0.619. The quantitative estimate of drug-likeness (QED) is 0.548. The molecule has 10 heavy (non-hydrogen) atoms. The Balaban J connectivity index is 2.75. The lowest BCUT2D eigenvalue weighted by molar-refractivity contribution is 0.601. The summed E-state index contributed by atoms with van der Waals surface area (Å²) in [6.07, 6.45) is 4.66. The van der Waals surface area contributed by atoms with E-state index in [1.54, 1.807) is 25.6 Å². The molecule has 1 unspecified atom stereocenters. The average molecular weight is 138 g/mol. The Kier molecular flexibility index (Phi) is 2.30. The van der Waals surface area contributed by atoms with Gasteiger partial charge in [-0.1, -0.05) is 0 Å². The van der Waals surface area contributed by atoms with E-state index in [9.17, 15) is 0 Å². The van der Waals surface area contributed by atoms with Crippen molar-refractivity contribution in [3.05, 3.63) is 24.3 Å². The molecule has 0 aliphatic carbocycles. The highest BCUT2D eigenvalue weighted by molar-refractivity contribution is 4.99. The van der Waals surface area contributed by atoms with E-state index in [0.29, 0.717) is 0 Å². The number of hydrogen-bond donors (Lipinski definition) is 2. The Hall–Kier alpha value is -1.00. The molecule has 0 aliphatic rings. The molecule has 0 saturated heterocycles. The first-order valence-corrected chi connectivity index (χ1v) is 3.03. The molecule has 4 nitrogen and oxygen atoms in total. The van der Waals surface area contributed by atoms with E-state index in [-0.39, 0.29) is 6.17 Å². The molecule has 0 saturated carbocycles. The first-order valence-electron chi connectivity index (χ1n) is 3.03. The van der Waals surface area contributed by atoms with Crippen LogP contribution in [0.1, 0.15) is 11.9 Å². The Bertz CT molecular complexity index is 186. The Morgan fingerprint density at radius 2 is 2.40 bits per heavy atom. The van der Waals surface area contributed by atoms with Crippen LogP contribution < -0.4 is 11.1 Å². The average Bonchev–Trinajstić information content (AvgIpc) is 2.05. The van der Waals surface area contributed by atoms with E-state index >= 15 is 0 Å². The smallest absolute Gasteiger partial charge is 0.0998 e. The summed E-state index contributed by atoms with van der Waals surface area (Å²) < 4.78 is 0. The molecule has 0 radical (unpaired) electrons. The van der Waals surface area contributed by atoms with Crippen molar-refractivity contribution in [3.8, 4) is 0 Å². The first-order chi connectivity index (χ1) is 4.84. The summed E-state index contributed by atoms with van der Waals surface area (Å²) in [7, 11) is 1.78. The molecule has 4 heteroatoms. The van der Waals surface area contributed by atoms with Crippen molar-refractivity contribution in [2.75, 3.05) is 7.05 Å². The molecule has 0 amide bonds. The largest absolute Gasteiger partial charge is 0.311 e. The SMILES string of the molecule is CNC(N)c1cnccn1. The molecule has 1 heterocycles. The highest BCUT2D eigenvalue weighted by Crippen LogP contribution is 1.97. The monoisotopic (exact) mass is 138 g/mol. The van der Waals surface area contributed by atoms with Gasteiger partial charge in [-0.3, -0.25) is 9.97 Å². The molecule has 1 atom stereocenters. The Labute approximate surface area is 59.5 Å². The lowest BCUT2D eigenvalue weighted by Gasteiger charge is -2.06. The van der Waals surface area contributed by atoms with E-state index < -0.39 is 0 Å². The highest BCUT2D eigenvalue weighted by Gasteiger charge is 2.01. The number of nitrogens with zero attached hydrogens (tertiary/aromatic N) is 2. The highest BCUT2D eigenvalue weighted by atomic mass is 15.0. The molecule has 0 bridgehead atoms. The second kappa shape index (κ2) is 3.24. The van der Waals surface area contributed by atoms with Gasteiger partial charge >= 0.3 is 0 Å². The van der Waals surface area contributed by atoms with Crippen LogP contribution in [-0.2, 0) is 0 Å². The third kappa shape index (κ3) is 1.49. The zero-order valence-corrected chi connectivity index (χ0v) is 5.78. The van der Waals surface area contributed by atoms with Gasteiger partial charge in [0.15, 0.2) is 0 Å². The minimum Gasteiger partial charge on any atom is -0.311 e. The molecular weight excluding hydrogens is 128 g/mol. The number of nitrogens with two attached hydrogens (primary N) is 1. The summed E-state index contributed by atoms with van der Waals surface area (Å²) in [6.45, 7) is 0. The van der Waals surface area contributed by atoms with Crippen molar-refractivity contribution in [3.63, 3.8) is 0 Å². The van der Waals surface area contributed by atoms with E-state index in [1.165, 1.54) is 0 Å². The number of rotatable bonds is 2. The van der Waals surface area contributed by atoms with Crippen LogP contribution in [0.4, 0.5) is 0 Å². The van der Waals surface area contributed by atoms with E-state index in [1.807, 2.05) is 0 Å². The zero-order valence-electron chi connectivity index (χ0n) is 5.78. The van der Waals surface area contributed by atoms with Crippen LogP contribution in [0.5, 0.6) is 0 Å². The fourth-order valence-corrected chi connectivity index (χ4v) is 0.619. The van der Waals surface area contributed by atoms with Gasteiger partial charge in [-0.05, 0) is 7.05 Å². The van der Waals surface area contributed by atoms with Crippen LogP contribution in [0.2, 0.25) is 0 Å². The van der Waals surface area contributed by atoms with Crippen LogP contribution in [0.3, 0.4) is 0 Å². The molecule has 0 fully saturated rings. The van der Waals surface area contributed by atoms with Gasteiger partial charge in [0.1, 0.15) is 0 Å². The standard InChI is InChI=1S/C6H10N4/c1-8-6(7)5-4-9-2-3-10-5/h2-4,6,8H,7H2,1H3. The lowest BCUT2D eigenvalue weighted by atomic mass is 10.4. The van der Waals surface area contributed by atoms with Gasteiger partial charge < -0.3 is 11.1 Å². The molecule has 1 aromatic heterocycles. The molecule has 1 aromatic rings. The third-order valence-corrected chi connectivity index (χ3v) is 1.21. The fraction of sp³-hybridized carbons (Fsp3) is 0.333. The van der Waals surface area contributed by atoms with Gasteiger partial charge in [0.25, 0.3) is 0 Å². The summed E-state index contributed by atoms with van der Waals surface area (Å²) >= 11 is 0. The maximum absolute atomic E-state index is 5.58. The summed E-state index contributed by atoms with van der Waals surface area (Å²) in [5.41, 5.74) is 6.34. The summed E-state index contributed by atoms with van der Waals surface area (Å²) in [6, 6.07) is 0. The van der Waals surface area contributed by atoms with E-state index in [0.717, 1.165) is 5.69 Å². The molecule has 3 N–H and O–H groups in total. The van der Waals surface area contributed by atoms with Gasteiger partial charge in [-0.2, -0.15) is 0 Å². The van der Waals surface area contributed by atoms with Crippen LogP contribution in [0.25, 0.3) is 0 Å². The third-order valence-electron chi connectivity index (χ3n) is 1.21. The number of nitrogens with one attached hydrogen (secondary N) is 1. The van der Waals surface area contributed by atoms with Crippen molar-refractivity contribution >= 4 is 0 Å². The molecule has 54 valence electrons. The van der Waals surface area contributed by atoms with Crippen molar-refractivity contribution in [1.29, 1.82) is 0 Å². The van der Waals surface area contributed by atoms with Crippen LogP contribution in [0.15, 0.2) is 18.6 Å². The minimum absolute atomic E-state index is 0.214. The molecule has 1 rings (SSSR count). The van der Waals surface area contributed by atoms with Gasteiger partial charge in [-0.15, -0.1) is 0 Å². The Morgan fingerprint density at radius 3 is 2.90 bits per heavy atom. The zero-order chi connectivity index (χ0) is 7.40. The van der Waals surface area contributed by atoms with Crippen molar-refractivity contribution in [1.82, 2.24) is 15.3 Å².